The maximum Gasteiger partial charge on any atom is 0.333 e. The average molecular weight is 545 g/mol. The van der Waals surface area contributed by atoms with E-state index in [9.17, 15) is 18.3 Å². The number of aromatic nitrogens is 2. The van der Waals surface area contributed by atoms with Crippen LogP contribution in [-0.2, 0) is 24.8 Å². The van der Waals surface area contributed by atoms with Gasteiger partial charge in [-0.25, -0.2) is 15.1 Å². The van der Waals surface area contributed by atoms with E-state index in [0.717, 1.165) is 24.0 Å². The van der Waals surface area contributed by atoms with Crippen LogP contribution in [0.1, 0.15) is 52.0 Å². The third-order valence-electron chi connectivity index (χ3n) is 6.95. The Morgan fingerprint density at radius 3 is 2.81 bits per heavy atom. The highest BCUT2D eigenvalue weighted by Crippen LogP contribution is 2.44. The van der Waals surface area contributed by atoms with Crippen molar-refractivity contribution >= 4 is 33.2 Å². The zero-order chi connectivity index (χ0) is 26.0. The van der Waals surface area contributed by atoms with Crippen LogP contribution in [0.5, 0.6) is 0 Å². The normalized spacial score (nSPS) is 25.8. The fraction of sp³-hybridized carbons (Fsp3) is 0.400. The van der Waals surface area contributed by atoms with Crippen molar-refractivity contribution in [3.8, 4) is 0 Å². The molecule has 1 aliphatic carbocycles. The molecule has 4 N–H and O–H groups in total. The standard InChI is InChI=1S/C25H28N4O6S2/c26-37(32,33)35-13-16-9-19(11-21(16)30)29-24-20(12-27-15-28-24)23(31)22-10-18(14-36-22)25(7-4-8-34-25)17-5-2-1-3-6-17/h1-3,5-6,10,12,14-16,19,21,30H,4,7-9,11,13H2,(H2,26,32,33)(H,27,28,29)/t16-,19-,21-,25-/m1/s1. The fourth-order valence-corrected chi connectivity index (χ4v) is 6.44. The van der Waals surface area contributed by atoms with Crippen LogP contribution < -0.4 is 10.5 Å². The van der Waals surface area contributed by atoms with Crippen molar-refractivity contribution in [2.24, 2.45) is 11.1 Å². The number of ether oxygens (including phenoxy) is 1. The van der Waals surface area contributed by atoms with Crippen molar-refractivity contribution in [1.29, 1.82) is 0 Å². The summed E-state index contributed by atoms with van der Waals surface area (Å²) in [6.45, 7) is 0.446. The molecule has 0 spiro atoms. The predicted octanol–water partition coefficient (Wildman–Crippen LogP) is 2.59. The summed E-state index contributed by atoms with van der Waals surface area (Å²) in [4.78, 5) is 22.4. The summed E-state index contributed by atoms with van der Waals surface area (Å²) in [5.41, 5.74) is 1.76. The minimum atomic E-state index is -4.09. The number of rotatable bonds is 9. The molecule has 5 rings (SSSR count). The molecular formula is C25H28N4O6S2. The maximum absolute atomic E-state index is 13.6. The molecule has 4 atom stereocenters. The number of hydrogen-bond donors (Lipinski definition) is 3. The van der Waals surface area contributed by atoms with Gasteiger partial charge in [-0.05, 0) is 48.3 Å². The van der Waals surface area contributed by atoms with Crippen LogP contribution in [0.2, 0.25) is 0 Å². The van der Waals surface area contributed by atoms with Gasteiger partial charge in [0.2, 0.25) is 5.78 Å². The average Bonchev–Trinajstić information content (AvgIpc) is 3.63. The summed E-state index contributed by atoms with van der Waals surface area (Å²) in [7, 11) is -4.09. The lowest BCUT2D eigenvalue weighted by Gasteiger charge is -2.28. The highest BCUT2D eigenvalue weighted by molar-refractivity contribution is 7.84. The summed E-state index contributed by atoms with van der Waals surface area (Å²) >= 11 is 1.36. The van der Waals surface area contributed by atoms with Gasteiger partial charge in [0, 0.05) is 24.8 Å². The zero-order valence-corrected chi connectivity index (χ0v) is 21.6. The van der Waals surface area contributed by atoms with E-state index in [1.807, 2.05) is 29.6 Å². The molecule has 3 heterocycles. The van der Waals surface area contributed by atoms with Crippen LogP contribution in [0, 0.1) is 5.92 Å². The number of anilines is 1. The topological polar surface area (TPSA) is 154 Å². The molecule has 0 radical (unpaired) electrons. The number of nitrogens with one attached hydrogen (secondary N) is 1. The van der Waals surface area contributed by atoms with Gasteiger partial charge in [0.05, 0.1) is 23.2 Å². The predicted molar refractivity (Wildman–Crippen MR) is 137 cm³/mol. The first-order valence-electron chi connectivity index (χ1n) is 12.0. The number of carbonyl (C=O) groups excluding carboxylic acids is 1. The number of aliphatic hydroxyl groups excluding tert-OH is 1. The van der Waals surface area contributed by atoms with E-state index in [0.29, 0.717) is 35.7 Å². The Hall–Kier alpha value is -2.74. The van der Waals surface area contributed by atoms with Crippen LogP contribution in [-0.4, -0.2) is 54.6 Å². The Bertz CT molecular complexity index is 1360. The number of nitrogens with two attached hydrogens (primary N) is 1. The maximum atomic E-state index is 13.6. The lowest BCUT2D eigenvalue weighted by Crippen LogP contribution is -2.25. The molecule has 0 amide bonds. The number of benzene rings is 1. The van der Waals surface area contributed by atoms with Crippen molar-refractivity contribution in [2.75, 3.05) is 18.5 Å². The van der Waals surface area contributed by atoms with Crippen LogP contribution >= 0.6 is 11.3 Å². The van der Waals surface area contributed by atoms with Crippen LogP contribution in [0.15, 0.2) is 54.3 Å². The molecule has 3 aromatic rings. The van der Waals surface area contributed by atoms with Gasteiger partial charge in [-0.1, -0.05) is 30.3 Å². The summed E-state index contributed by atoms with van der Waals surface area (Å²) in [6, 6.07) is 11.7. The minimum Gasteiger partial charge on any atom is -0.393 e. The molecule has 37 heavy (non-hydrogen) atoms. The van der Waals surface area contributed by atoms with Gasteiger partial charge >= 0.3 is 10.3 Å². The van der Waals surface area contributed by atoms with Gasteiger partial charge in [0.25, 0.3) is 0 Å². The Kier molecular flexibility index (Phi) is 7.39. The Morgan fingerprint density at radius 2 is 2.08 bits per heavy atom. The van der Waals surface area contributed by atoms with Crippen molar-refractivity contribution < 1.29 is 27.2 Å². The zero-order valence-electron chi connectivity index (χ0n) is 19.9. The van der Waals surface area contributed by atoms with E-state index < -0.39 is 27.9 Å². The number of aliphatic hydroxyl groups is 1. The van der Waals surface area contributed by atoms with E-state index in [1.165, 1.54) is 23.9 Å². The SMILES string of the molecule is NS(=O)(=O)OC[C@H]1C[C@@H](Nc2ncncc2C(=O)c2cc([C@]3(c4ccccc4)CCCO3)cs2)C[C@H]1O. The second-order valence-corrected chi connectivity index (χ2v) is 11.5. The van der Waals surface area contributed by atoms with Crippen LogP contribution in [0.3, 0.4) is 0 Å². The number of hydrogen-bond acceptors (Lipinski definition) is 10. The van der Waals surface area contributed by atoms with Crippen molar-refractivity contribution in [1.82, 2.24) is 9.97 Å². The van der Waals surface area contributed by atoms with Gasteiger partial charge < -0.3 is 15.2 Å². The second-order valence-electron chi connectivity index (χ2n) is 9.38. The molecule has 2 fully saturated rings. The first-order valence-corrected chi connectivity index (χ1v) is 14.4. The van der Waals surface area contributed by atoms with E-state index in [2.05, 4.69) is 31.6 Å². The molecule has 1 aromatic carbocycles. The molecule has 0 bridgehead atoms. The third-order valence-corrected chi connectivity index (χ3v) is 8.35. The van der Waals surface area contributed by atoms with E-state index in [4.69, 9.17) is 9.88 Å². The van der Waals surface area contributed by atoms with E-state index in [1.54, 1.807) is 0 Å². The van der Waals surface area contributed by atoms with Gasteiger partial charge in [-0.15, -0.1) is 11.3 Å². The third kappa shape index (κ3) is 5.59. The number of thiophene rings is 1. The molecule has 2 aliphatic rings. The van der Waals surface area contributed by atoms with E-state index in [-0.39, 0.29) is 18.4 Å². The molecule has 12 heteroatoms. The van der Waals surface area contributed by atoms with Crippen LogP contribution in [0.25, 0.3) is 0 Å². The number of nitrogens with zero attached hydrogens (tertiary/aromatic N) is 2. The molecule has 1 saturated carbocycles. The minimum absolute atomic E-state index is 0.211. The first kappa shape index (κ1) is 25.9. The summed E-state index contributed by atoms with van der Waals surface area (Å²) in [6.07, 6.45) is 4.59. The molecule has 2 aromatic heterocycles. The van der Waals surface area contributed by atoms with E-state index >= 15 is 0 Å². The highest BCUT2D eigenvalue weighted by atomic mass is 32.2. The lowest BCUT2D eigenvalue weighted by atomic mass is 9.85. The van der Waals surface area contributed by atoms with Gasteiger partial charge in [-0.2, -0.15) is 8.42 Å². The molecule has 1 aliphatic heterocycles. The first-order chi connectivity index (χ1) is 17.7. The largest absolute Gasteiger partial charge is 0.393 e. The molecule has 0 unspecified atom stereocenters. The monoisotopic (exact) mass is 544 g/mol. The van der Waals surface area contributed by atoms with Gasteiger partial charge in [-0.3, -0.25) is 8.98 Å². The van der Waals surface area contributed by atoms with Gasteiger partial charge in [0.15, 0.2) is 0 Å². The number of carbonyl (C=O) groups is 1. The van der Waals surface area contributed by atoms with Gasteiger partial charge in [0.1, 0.15) is 17.7 Å². The van der Waals surface area contributed by atoms with Crippen molar-refractivity contribution in [3.05, 3.63) is 75.9 Å². The fourth-order valence-electron chi connectivity index (χ4n) is 5.15. The summed E-state index contributed by atoms with van der Waals surface area (Å²) < 4.78 is 33.1. The molecule has 196 valence electrons. The summed E-state index contributed by atoms with van der Waals surface area (Å²) in [5, 5.41) is 20.5. The van der Waals surface area contributed by atoms with Crippen molar-refractivity contribution in [2.45, 2.75) is 43.4 Å². The highest BCUT2D eigenvalue weighted by Gasteiger charge is 2.40. The Morgan fingerprint density at radius 1 is 1.27 bits per heavy atom. The molecular weight excluding hydrogens is 516 g/mol. The quantitative estimate of drug-likeness (QED) is 0.345. The smallest absolute Gasteiger partial charge is 0.333 e. The molecule has 1 saturated heterocycles. The Balaban J connectivity index is 1.34. The number of ketones is 1. The second kappa shape index (κ2) is 10.6. The summed E-state index contributed by atoms with van der Waals surface area (Å²) in [5.74, 6) is -0.277. The van der Waals surface area contributed by atoms with Crippen molar-refractivity contribution in [3.63, 3.8) is 0 Å². The Labute approximate surface area is 219 Å². The lowest BCUT2D eigenvalue weighted by molar-refractivity contribution is 0.0363. The van der Waals surface area contributed by atoms with Crippen LogP contribution in [0.4, 0.5) is 5.82 Å². The molecule has 10 nitrogen and oxygen atoms in total.